The topological polar surface area (TPSA) is 110 Å². The molecule has 0 fully saturated rings. The molecule has 0 aliphatic rings. The molecule has 3 aromatic rings. The third-order valence-corrected chi connectivity index (χ3v) is 5.40. The van der Waals surface area contributed by atoms with Gasteiger partial charge < -0.3 is 5.32 Å². The standard InChI is InChI=1S/C22H26N4O4S/c1-3-4-9-14-26-22(28)18-12-7-6-11-17(18)20(24-26)21(27)23-15-16-10-5-8-13-19(16)25-31(2,29)30/h5-8,10-13,25H,3-4,9,14-15H2,1-2H3,(H,23,27). The van der Waals surface area contributed by atoms with Crippen LogP contribution >= 0.6 is 0 Å². The molecule has 1 amide bonds. The van der Waals surface area contributed by atoms with Crippen LogP contribution in [0.15, 0.2) is 53.3 Å². The Morgan fingerprint density at radius 1 is 1.03 bits per heavy atom. The number of amides is 1. The molecule has 0 saturated carbocycles. The molecule has 0 radical (unpaired) electrons. The van der Waals surface area contributed by atoms with Crippen molar-refractivity contribution < 1.29 is 13.2 Å². The molecule has 31 heavy (non-hydrogen) atoms. The van der Waals surface area contributed by atoms with Gasteiger partial charge in [0.25, 0.3) is 11.5 Å². The number of rotatable bonds is 9. The van der Waals surface area contributed by atoms with Crippen molar-refractivity contribution in [3.05, 3.63) is 70.1 Å². The zero-order chi connectivity index (χ0) is 22.4. The van der Waals surface area contributed by atoms with Gasteiger partial charge in [-0.05, 0) is 24.1 Å². The van der Waals surface area contributed by atoms with Crippen molar-refractivity contribution in [3.8, 4) is 0 Å². The molecular formula is C22H26N4O4S. The Kier molecular flexibility index (Phi) is 7.06. The Morgan fingerprint density at radius 2 is 1.71 bits per heavy atom. The lowest BCUT2D eigenvalue weighted by atomic mass is 10.1. The lowest BCUT2D eigenvalue weighted by Gasteiger charge is -2.13. The van der Waals surface area contributed by atoms with Crippen molar-refractivity contribution in [3.63, 3.8) is 0 Å². The van der Waals surface area contributed by atoms with Gasteiger partial charge in [-0.25, -0.2) is 13.1 Å². The van der Waals surface area contributed by atoms with Crippen LogP contribution in [-0.4, -0.2) is 30.4 Å². The van der Waals surface area contributed by atoms with E-state index in [1.165, 1.54) is 4.68 Å². The number of anilines is 1. The zero-order valence-corrected chi connectivity index (χ0v) is 18.4. The summed E-state index contributed by atoms with van der Waals surface area (Å²) < 4.78 is 27.0. The fraction of sp³-hybridized carbons (Fsp3) is 0.318. The molecule has 0 aliphatic carbocycles. The summed E-state index contributed by atoms with van der Waals surface area (Å²) in [5.41, 5.74) is 0.959. The minimum absolute atomic E-state index is 0.0997. The lowest BCUT2D eigenvalue weighted by Crippen LogP contribution is -2.30. The van der Waals surface area contributed by atoms with Crippen LogP contribution in [0.1, 0.15) is 42.2 Å². The highest BCUT2D eigenvalue weighted by molar-refractivity contribution is 7.92. The summed E-state index contributed by atoms with van der Waals surface area (Å²) in [5.74, 6) is -0.436. The summed E-state index contributed by atoms with van der Waals surface area (Å²) >= 11 is 0. The van der Waals surface area contributed by atoms with Gasteiger partial charge in [0.2, 0.25) is 10.0 Å². The minimum Gasteiger partial charge on any atom is -0.346 e. The molecule has 0 bridgehead atoms. The predicted molar refractivity (Wildman–Crippen MR) is 122 cm³/mol. The average molecular weight is 443 g/mol. The van der Waals surface area contributed by atoms with Gasteiger partial charge >= 0.3 is 0 Å². The van der Waals surface area contributed by atoms with Gasteiger partial charge in [0.1, 0.15) is 0 Å². The summed E-state index contributed by atoms with van der Waals surface area (Å²) in [7, 11) is -3.45. The van der Waals surface area contributed by atoms with Crippen LogP contribution < -0.4 is 15.6 Å². The van der Waals surface area contributed by atoms with E-state index in [-0.39, 0.29) is 17.8 Å². The van der Waals surface area contributed by atoms with E-state index in [0.717, 1.165) is 25.5 Å². The first-order valence-electron chi connectivity index (χ1n) is 10.1. The summed E-state index contributed by atoms with van der Waals surface area (Å²) in [6, 6.07) is 13.7. The van der Waals surface area contributed by atoms with Crippen molar-refractivity contribution in [2.75, 3.05) is 11.0 Å². The summed E-state index contributed by atoms with van der Waals surface area (Å²) in [6.07, 6.45) is 3.84. The number of nitrogens with one attached hydrogen (secondary N) is 2. The Morgan fingerprint density at radius 3 is 2.42 bits per heavy atom. The number of aromatic nitrogens is 2. The van der Waals surface area contributed by atoms with Gasteiger partial charge in [0.15, 0.2) is 5.69 Å². The van der Waals surface area contributed by atoms with Crippen molar-refractivity contribution in [1.82, 2.24) is 15.1 Å². The van der Waals surface area contributed by atoms with E-state index < -0.39 is 15.9 Å². The molecule has 9 heteroatoms. The fourth-order valence-electron chi connectivity index (χ4n) is 3.30. The average Bonchev–Trinajstić information content (AvgIpc) is 2.73. The van der Waals surface area contributed by atoms with E-state index in [2.05, 4.69) is 22.1 Å². The number of aryl methyl sites for hydroxylation is 1. The molecule has 0 saturated heterocycles. The number of nitrogens with zero attached hydrogens (tertiary/aromatic N) is 2. The number of hydrogen-bond acceptors (Lipinski definition) is 5. The lowest BCUT2D eigenvalue weighted by molar-refractivity contribution is 0.0945. The van der Waals surface area contributed by atoms with Crippen LogP contribution in [0.3, 0.4) is 0 Å². The third kappa shape index (κ3) is 5.69. The number of sulfonamides is 1. The molecule has 164 valence electrons. The van der Waals surface area contributed by atoms with E-state index in [9.17, 15) is 18.0 Å². The van der Waals surface area contributed by atoms with E-state index in [0.29, 0.717) is 28.6 Å². The first kappa shape index (κ1) is 22.5. The van der Waals surface area contributed by atoms with Crippen molar-refractivity contribution in [1.29, 1.82) is 0 Å². The van der Waals surface area contributed by atoms with E-state index in [1.807, 2.05) is 0 Å². The monoisotopic (exact) mass is 442 g/mol. The number of benzene rings is 2. The number of hydrogen-bond donors (Lipinski definition) is 2. The number of carbonyl (C=O) groups excluding carboxylic acids is 1. The van der Waals surface area contributed by atoms with Crippen molar-refractivity contribution in [2.24, 2.45) is 0 Å². The molecule has 1 aromatic heterocycles. The van der Waals surface area contributed by atoms with Crippen LogP contribution in [0.25, 0.3) is 10.8 Å². The van der Waals surface area contributed by atoms with Gasteiger partial charge in [0.05, 0.1) is 17.3 Å². The second-order valence-corrected chi connectivity index (χ2v) is 9.09. The predicted octanol–water partition coefficient (Wildman–Crippen LogP) is 2.89. The largest absolute Gasteiger partial charge is 0.346 e. The van der Waals surface area contributed by atoms with Crippen LogP contribution in [-0.2, 0) is 23.1 Å². The maximum Gasteiger partial charge on any atom is 0.274 e. The number of fused-ring (bicyclic) bond motifs is 1. The molecule has 8 nitrogen and oxygen atoms in total. The molecule has 0 aliphatic heterocycles. The molecule has 3 rings (SSSR count). The minimum atomic E-state index is -3.45. The maximum absolute atomic E-state index is 13.0. The summed E-state index contributed by atoms with van der Waals surface area (Å²) in [4.78, 5) is 25.8. The quantitative estimate of drug-likeness (QED) is 0.495. The third-order valence-electron chi connectivity index (χ3n) is 4.81. The van der Waals surface area contributed by atoms with E-state index in [4.69, 9.17) is 0 Å². The van der Waals surface area contributed by atoms with Crippen LogP contribution in [0.5, 0.6) is 0 Å². The Bertz CT molecular complexity index is 1250. The summed E-state index contributed by atoms with van der Waals surface area (Å²) in [5, 5.41) is 8.07. The highest BCUT2D eigenvalue weighted by Crippen LogP contribution is 2.17. The molecule has 2 aromatic carbocycles. The second kappa shape index (κ2) is 9.74. The normalized spacial score (nSPS) is 11.4. The molecule has 0 unspecified atom stereocenters. The van der Waals surface area contributed by atoms with Gasteiger partial charge in [-0.1, -0.05) is 56.2 Å². The highest BCUT2D eigenvalue weighted by atomic mass is 32.2. The van der Waals surface area contributed by atoms with Crippen molar-refractivity contribution in [2.45, 2.75) is 39.3 Å². The number of unbranched alkanes of at least 4 members (excludes halogenated alkanes) is 2. The number of carbonyl (C=O) groups is 1. The SMILES string of the molecule is CCCCCn1nc(C(=O)NCc2ccccc2NS(C)(=O)=O)c2ccccc2c1=O. The first-order chi connectivity index (χ1) is 14.8. The molecular weight excluding hydrogens is 416 g/mol. The highest BCUT2D eigenvalue weighted by Gasteiger charge is 2.17. The Balaban J connectivity index is 1.89. The van der Waals surface area contributed by atoms with E-state index in [1.54, 1.807) is 48.5 Å². The second-order valence-electron chi connectivity index (χ2n) is 7.34. The Labute approximate surface area is 181 Å². The van der Waals surface area contributed by atoms with Gasteiger partial charge in [-0.3, -0.25) is 14.3 Å². The van der Waals surface area contributed by atoms with Gasteiger partial charge in [0, 0.05) is 18.5 Å². The smallest absolute Gasteiger partial charge is 0.274 e. The van der Waals surface area contributed by atoms with Crippen LogP contribution in [0.4, 0.5) is 5.69 Å². The van der Waals surface area contributed by atoms with Crippen LogP contribution in [0.2, 0.25) is 0 Å². The molecule has 0 spiro atoms. The van der Waals surface area contributed by atoms with Crippen LogP contribution in [0, 0.1) is 0 Å². The first-order valence-corrected chi connectivity index (χ1v) is 12.0. The summed E-state index contributed by atoms with van der Waals surface area (Å²) in [6.45, 7) is 2.62. The molecule has 2 N–H and O–H groups in total. The maximum atomic E-state index is 13.0. The Hall–Kier alpha value is -3.20. The zero-order valence-electron chi connectivity index (χ0n) is 17.6. The molecule has 0 atom stereocenters. The van der Waals surface area contributed by atoms with E-state index >= 15 is 0 Å². The molecule has 1 heterocycles. The van der Waals surface area contributed by atoms with Gasteiger partial charge in [-0.2, -0.15) is 5.10 Å². The van der Waals surface area contributed by atoms with Gasteiger partial charge in [-0.15, -0.1) is 0 Å². The fourth-order valence-corrected chi connectivity index (χ4v) is 3.90. The number of para-hydroxylation sites is 1. The van der Waals surface area contributed by atoms with Crippen molar-refractivity contribution >= 4 is 32.4 Å².